The van der Waals surface area contributed by atoms with E-state index >= 15 is 0 Å². The number of halogens is 1. The van der Waals surface area contributed by atoms with E-state index in [2.05, 4.69) is 30.7 Å². The van der Waals surface area contributed by atoms with Gasteiger partial charge in [0.25, 0.3) is 0 Å². The zero-order valence-electron chi connectivity index (χ0n) is 14.7. The number of hydrogen-bond acceptors (Lipinski definition) is 3. The number of H-pyrrole nitrogens is 1. The van der Waals surface area contributed by atoms with E-state index in [-0.39, 0.29) is 11.9 Å². The lowest BCUT2D eigenvalue weighted by Gasteiger charge is -2.25. The lowest BCUT2D eigenvalue weighted by molar-refractivity contribution is 0.393. The number of guanidine groups is 1. The smallest absolute Gasteiger partial charge is 0.191 e. The third kappa shape index (κ3) is 3.40. The van der Waals surface area contributed by atoms with Crippen molar-refractivity contribution >= 4 is 16.9 Å². The van der Waals surface area contributed by atoms with Gasteiger partial charge in [0.1, 0.15) is 18.0 Å². The summed E-state index contributed by atoms with van der Waals surface area (Å²) in [5.41, 5.74) is 2.04. The first-order valence-electron chi connectivity index (χ1n) is 8.82. The van der Waals surface area contributed by atoms with E-state index in [1.54, 1.807) is 25.5 Å². The summed E-state index contributed by atoms with van der Waals surface area (Å²) in [6.45, 7) is 1.50. The van der Waals surface area contributed by atoms with Crippen LogP contribution in [0.15, 0.2) is 35.7 Å². The molecule has 1 aromatic carbocycles. The van der Waals surface area contributed by atoms with Crippen LogP contribution in [0, 0.1) is 5.82 Å². The lowest BCUT2D eigenvalue weighted by atomic mass is 10.1. The standard InChI is InChI=1S/C18H22FN7/c1-20-18(25-14-3-5-17-23-11-24-26(17)10-14)21-7-6-12-9-22-16-4-2-13(19)8-15(12)16/h2,4,8-9,11,14,22H,3,5-7,10H2,1H3,(H2,20,21,25). The quantitative estimate of drug-likeness (QED) is 0.491. The summed E-state index contributed by atoms with van der Waals surface area (Å²) in [7, 11) is 1.76. The molecule has 1 atom stereocenters. The first kappa shape index (κ1) is 16.6. The van der Waals surface area contributed by atoms with E-state index < -0.39 is 0 Å². The molecule has 0 bridgehead atoms. The molecule has 0 aliphatic carbocycles. The van der Waals surface area contributed by atoms with E-state index in [1.807, 2.05) is 10.9 Å². The van der Waals surface area contributed by atoms with Crippen molar-refractivity contribution in [3.8, 4) is 0 Å². The molecule has 8 heteroatoms. The zero-order valence-corrected chi connectivity index (χ0v) is 14.7. The molecule has 3 aromatic rings. The zero-order chi connectivity index (χ0) is 17.9. The lowest BCUT2D eigenvalue weighted by Crippen LogP contribution is -2.47. The number of nitrogens with zero attached hydrogens (tertiary/aromatic N) is 4. The molecule has 7 nitrogen and oxygen atoms in total. The largest absolute Gasteiger partial charge is 0.361 e. The van der Waals surface area contributed by atoms with Gasteiger partial charge in [-0.1, -0.05) is 0 Å². The fourth-order valence-corrected chi connectivity index (χ4v) is 3.42. The Kier molecular flexibility index (Phi) is 4.55. The van der Waals surface area contributed by atoms with Gasteiger partial charge in [0, 0.05) is 43.2 Å². The van der Waals surface area contributed by atoms with Crippen LogP contribution < -0.4 is 10.6 Å². The van der Waals surface area contributed by atoms with Crippen molar-refractivity contribution in [3.63, 3.8) is 0 Å². The number of nitrogens with one attached hydrogen (secondary N) is 3. The Labute approximate surface area is 150 Å². The highest BCUT2D eigenvalue weighted by Gasteiger charge is 2.20. The second kappa shape index (κ2) is 7.15. The summed E-state index contributed by atoms with van der Waals surface area (Å²) in [5.74, 6) is 1.59. The molecule has 2 aromatic heterocycles. The van der Waals surface area contributed by atoms with Gasteiger partial charge < -0.3 is 15.6 Å². The average Bonchev–Trinajstić information content (AvgIpc) is 3.27. The van der Waals surface area contributed by atoms with E-state index in [1.165, 1.54) is 6.07 Å². The average molecular weight is 355 g/mol. The summed E-state index contributed by atoms with van der Waals surface area (Å²) in [6.07, 6.45) is 6.24. The molecule has 0 fully saturated rings. The van der Waals surface area contributed by atoms with Crippen molar-refractivity contribution in [2.75, 3.05) is 13.6 Å². The molecule has 1 unspecified atom stereocenters. The highest BCUT2D eigenvalue weighted by atomic mass is 19.1. The van der Waals surface area contributed by atoms with Gasteiger partial charge >= 0.3 is 0 Å². The second-order valence-corrected chi connectivity index (χ2v) is 6.49. The molecular weight excluding hydrogens is 333 g/mol. The molecule has 136 valence electrons. The third-order valence-electron chi connectivity index (χ3n) is 4.79. The minimum atomic E-state index is -0.214. The van der Waals surface area contributed by atoms with Crippen molar-refractivity contribution < 1.29 is 4.39 Å². The van der Waals surface area contributed by atoms with Gasteiger partial charge in [-0.3, -0.25) is 4.99 Å². The number of benzene rings is 1. The van der Waals surface area contributed by atoms with Gasteiger partial charge in [0.2, 0.25) is 0 Å². The van der Waals surface area contributed by atoms with Crippen molar-refractivity contribution in [1.82, 2.24) is 30.4 Å². The predicted molar refractivity (Wildman–Crippen MR) is 98.6 cm³/mol. The Bertz CT molecular complexity index is 927. The van der Waals surface area contributed by atoms with Gasteiger partial charge in [-0.15, -0.1) is 0 Å². The fourth-order valence-electron chi connectivity index (χ4n) is 3.42. The normalized spacial score (nSPS) is 17.3. The van der Waals surface area contributed by atoms with Crippen LogP contribution >= 0.6 is 0 Å². The molecule has 1 aliphatic rings. The van der Waals surface area contributed by atoms with Crippen LogP contribution in [0.2, 0.25) is 0 Å². The number of hydrogen-bond donors (Lipinski definition) is 3. The molecule has 0 spiro atoms. The minimum Gasteiger partial charge on any atom is -0.361 e. The van der Waals surface area contributed by atoms with Gasteiger partial charge in [-0.05, 0) is 36.6 Å². The van der Waals surface area contributed by atoms with Crippen LogP contribution in [-0.2, 0) is 19.4 Å². The fraction of sp³-hybridized carbons (Fsp3) is 0.389. The van der Waals surface area contributed by atoms with Crippen molar-refractivity contribution in [2.24, 2.45) is 4.99 Å². The number of fused-ring (bicyclic) bond motifs is 2. The van der Waals surface area contributed by atoms with Crippen LogP contribution in [0.25, 0.3) is 10.9 Å². The van der Waals surface area contributed by atoms with Crippen LogP contribution in [0.1, 0.15) is 17.8 Å². The minimum absolute atomic E-state index is 0.214. The molecule has 0 saturated heterocycles. The summed E-state index contributed by atoms with van der Waals surface area (Å²) < 4.78 is 15.4. The number of rotatable bonds is 4. The number of aliphatic imine (C=N–C) groups is 1. The van der Waals surface area contributed by atoms with Gasteiger partial charge in [0.15, 0.2) is 5.96 Å². The summed E-state index contributed by atoms with van der Waals surface area (Å²) in [5, 5.41) is 12.0. The van der Waals surface area contributed by atoms with Crippen LogP contribution in [0.5, 0.6) is 0 Å². The maximum absolute atomic E-state index is 13.5. The highest BCUT2D eigenvalue weighted by molar-refractivity contribution is 5.83. The molecule has 3 heterocycles. The van der Waals surface area contributed by atoms with Gasteiger partial charge in [-0.25, -0.2) is 14.1 Å². The second-order valence-electron chi connectivity index (χ2n) is 6.49. The van der Waals surface area contributed by atoms with Crippen molar-refractivity contribution in [1.29, 1.82) is 0 Å². The first-order chi connectivity index (χ1) is 12.7. The first-order valence-corrected chi connectivity index (χ1v) is 8.82. The molecule has 1 aliphatic heterocycles. The topological polar surface area (TPSA) is 82.9 Å². The third-order valence-corrected chi connectivity index (χ3v) is 4.79. The maximum Gasteiger partial charge on any atom is 0.191 e. The van der Waals surface area contributed by atoms with Crippen LogP contribution in [0.3, 0.4) is 0 Å². The molecule has 0 radical (unpaired) electrons. The summed E-state index contributed by atoms with van der Waals surface area (Å²) in [4.78, 5) is 11.7. The molecule has 0 saturated carbocycles. The molecule has 4 rings (SSSR count). The number of aryl methyl sites for hydroxylation is 1. The van der Waals surface area contributed by atoms with Gasteiger partial charge in [0.05, 0.1) is 6.54 Å². The van der Waals surface area contributed by atoms with Crippen LogP contribution in [0.4, 0.5) is 4.39 Å². The van der Waals surface area contributed by atoms with E-state index in [0.717, 1.165) is 54.1 Å². The molecular formula is C18H22FN7. The Morgan fingerprint density at radius 1 is 1.46 bits per heavy atom. The number of aromatic amines is 1. The Hall–Kier alpha value is -2.90. The van der Waals surface area contributed by atoms with Crippen LogP contribution in [-0.4, -0.2) is 45.3 Å². The SMILES string of the molecule is CN=C(NCCc1c[nH]c2ccc(F)cc12)NC1CCc2ncnn2C1. The Morgan fingerprint density at radius 3 is 3.27 bits per heavy atom. The van der Waals surface area contributed by atoms with Crippen molar-refractivity contribution in [3.05, 3.63) is 47.9 Å². The summed E-state index contributed by atoms with van der Waals surface area (Å²) >= 11 is 0. The monoisotopic (exact) mass is 355 g/mol. The maximum atomic E-state index is 13.5. The predicted octanol–water partition coefficient (Wildman–Crippen LogP) is 1.62. The Balaban J connectivity index is 1.32. The van der Waals surface area contributed by atoms with Crippen molar-refractivity contribution in [2.45, 2.75) is 31.8 Å². The molecule has 0 amide bonds. The summed E-state index contributed by atoms with van der Waals surface area (Å²) in [6, 6.07) is 5.09. The molecule has 3 N–H and O–H groups in total. The Morgan fingerprint density at radius 2 is 2.38 bits per heavy atom. The highest BCUT2D eigenvalue weighted by Crippen LogP contribution is 2.19. The van der Waals surface area contributed by atoms with E-state index in [9.17, 15) is 4.39 Å². The van der Waals surface area contributed by atoms with E-state index in [0.29, 0.717) is 6.54 Å². The van der Waals surface area contributed by atoms with E-state index in [4.69, 9.17) is 0 Å². The van der Waals surface area contributed by atoms with Gasteiger partial charge in [-0.2, -0.15) is 5.10 Å². The number of aromatic nitrogens is 4. The molecule has 26 heavy (non-hydrogen) atoms.